The lowest BCUT2D eigenvalue weighted by Crippen LogP contribution is -2.02. The Hall–Kier alpha value is -2.79. The van der Waals surface area contributed by atoms with Crippen LogP contribution in [0.5, 0.6) is 0 Å². The summed E-state index contributed by atoms with van der Waals surface area (Å²) in [5, 5.41) is 5.58. The molecule has 5 heteroatoms. The van der Waals surface area contributed by atoms with Crippen molar-refractivity contribution in [2.24, 2.45) is 0 Å². The first kappa shape index (κ1) is 16.7. The normalized spacial score (nSPS) is 11.2. The SMILES string of the molecule is CC(C)c1ccc(SNc2ccnn2-c2cccc3ncccc23)cc1. The predicted molar refractivity (Wildman–Crippen MR) is 109 cm³/mol. The Bertz CT molecular complexity index is 1020. The van der Waals surface area contributed by atoms with E-state index in [4.69, 9.17) is 0 Å². The maximum atomic E-state index is 4.50. The smallest absolute Gasteiger partial charge is 0.139 e. The molecule has 0 saturated heterocycles. The third-order valence-corrected chi connectivity index (χ3v) is 5.13. The summed E-state index contributed by atoms with van der Waals surface area (Å²) in [6, 6.07) is 20.7. The topological polar surface area (TPSA) is 42.7 Å². The van der Waals surface area contributed by atoms with Gasteiger partial charge in [0, 0.05) is 22.5 Å². The van der Waals surface area contributed by atoms with Crippen molar-refractivity contribution in [3.05, 3.63) is 78.6 Å². The molecule has 0 unspecified atom stereocenters. The highest BCUT2D eigenvalue weighted by atomic mass is 32.2. The number of hydrogen-bond acceptors (Lipinski definition) is 4. The molecule has 130 valence electrons. The molecular formula is C21H20N4S. The Balaban J connectivity index is 1.59. The molecule has 0 aliphatic heterocycles. The van der Waals surface area contributed by atoms with Crippen molar-refractivity contribution < 1.29 is 0 Å². The van der Waals surface area contributed by atoms with Crippen molar-refractivity contribution in [1.29, 1.82) is 0 Å². The van der Waals surface area contributed by atoms with Gasteiger partial charge in [-0.2, -0.15) is 5.10 Å². The van der Waals surface area contributed by atoms with Crippen LogP contribution in [0.3, 0.4) is 0 Å². The fourth-order valence-corrected chi connectivity index (χ4v) is 3.53. The van der Waals surface area contributed by atoms with Crippen LogP contribution in [0.25, 0.3) is 16.6 Å². The summed E-state index contributed by atoms with van der Waals surface area (Å²) in [4.78, 5) is 5.60. The molecule has 0 fully saturated rings. The fourth-order valence-electron chi connectivity index (χ4n) is 2.88. The van der Waals surface area contributed by atoms with Gasteiger partial charge in [-0.1, -0.05) is 32.0 Å². The highest BCUT2D eigenvalue weighted by Crippen LogP contribution is 2.27. The largest absolute Gasteiger partial charge is 0.310 e. The predicted octanol–water partition coefficient (Wildman–Crippen LogP) is 5.66. The summed E-state index contributed by atoms with van der Waals surface area (Å²) in [7, 11) is 0. The molecule has 26 heavy (non-hydrogen) atoms. The highest BCUT2D eigenvalue weighted by Gasteiger charge is 2.09. The van der Waals surface area contributed by atoms with Gasteiger partial charge in [0.05, 0.1) is 17.4 Å². The van der Waals surface area contributed by atoms with Crippen LogP contribution in [0.4, 0.5) is 5.82 Å². The zero-order valence-electron chi connectivity index (χ0n) is 14.8. The van der Waals surface area contributed by atoms with Crippen LogP contribution in [0, 0.1) is 0 Å². The van der Waals surface area contributed by atoms with Gasteiger partial charge >= 0.3 is 0 Å². The van der Waals surface area contributed by atoms with Gasteiger partial charge in [0.15, 0.2) is 0 Å². The molecule has 4 rings (SSSR count). The van der Waals surface area contributed by atoms with Gasteiger partial charge in [-0.15, -0.1) is 0 Å². The molecule has 1 N–H and O–H groups in total. The first-order valence-electron chi connectivity index (χ1n) is 8.63. The summed E-state index contributed by atoms with van der Waals surface area (Å²) < 4.78 is 5.33. The van der Waals surface area contributed by atoms with E-state index >= 15 is 0 Å². The standard InChI is InChI=1S/C21H20N4S/c1-15(2)16-8-10-17(11-9-16)26-24-21-12-14-23-25(21)20-7-3-6-19-18(20)5-4-13-22-19/h3-15,24H,1-2H3. The minimum absolute atomic E-state index is 0.545. The van der Waals surface area contributed by atoms with Gasteiger partial charge in [-0.25, -0.2) is 4.68 Å². The number of hydrogen-bond donors (Lipinski definition) is 1. The molecule has 4 aromatic rings. The van der Waals surface area contributed by atoms with Crippen molar-refractivity contribution in [1.82, 2.24) is 14.8 Å². The number of pyridine rings is 1. The number of nitrogens with zero attached hydrogens (tertiary/aromatic N) is 3. The lowest BCUT2D eigenvalue weighted by Gasteiger charge is -2.12. The maximum absolute atomic E-state index is 4.50. The fraction of sp³-hybridized carbons (Fsp3) is 0.143. The lowest BCUT2D eigenvalue weighted by molar-refractivity contribution is 0.865. The van der Waals surface area contributed by atoms with Crippen LogP contribution in [0.1, 0.15) is 25.3 Å². The summed E-state index contributed by atoms with van der Waals surface area (Å²) >= 11 is 1.59. The maximum Gasteiger partial charge on any atom is 0.139 e. The van der Waals surface area contributed by atoms with E-state index in [9.17, 15) is 0 Å². The monoisotopic (exact) mass is 360 g/mol. The van der Waals surface area contributed by atoms with Gasteiger partial charge in [0.25, 0.3) is 0 Å². The third-order valence-electron chi connectivity index (χ3n) is 4.31. The first-order chi connectivity index (χ1) is 12.7. The molecule has 2 aromatic heterocycles. The molecule has 2 aromatic carbocycles. The van der Waals surface area contributed by atoms with Gasteiger partial charge in [-0.3, -0.25) is 4.98 Å². The summed E-state index contributed by atoms with van der Waals surface area (Å²) in [6.07, 6.45) is 3.62. The number of benzene rings is 2. The third kappa shape index (κ3) is 3.30. The van der Waals surface area contributed by atoms with Gasteiger partial charge in [0.1, 0.15) is 5.82 Å². The summed E-state index contributed by atoms with van der Waals surface area (Å²) in [5.41, 5.74) is 3.32. The Labute approximate surface area is 157 Å². The van der Waals surface area contributed by atoms with E-state index in [1.807, 2.05) is 35.1 Å². The number of rotatable bonds is 5. The second-order valence-electron chi connectivity index (χ2n) is 6.40. The quantitative estimate of drug-likeness (QED) is 0.466. The second-order valence-corrected chi connectivity index (χ2v) is 7.28. The summed E-state index contributed by atoms with van der Waals surface area (Å²) in [6.45, 7) is 4.41. The zero-order chi connectivity index (χ0) is 17.9. The van der Waals surface area contributed by atoms with Crippen molar-refractivity contribution in [3.63, 3.8) is 0 Å². The average Bonchev–Trinajstić information content (AvgIpc) is 3.14. The van der Waals surface area contributed by atoms with Crippen molar-refractivity contribution in [2.45, 2.75) is 24.7 Å². The number of fused-ring (bicyclic) bond motifs is 1. The van der Waals surface area contributed by atoms with E-state index in [1.54, 1.807) is 18.1 Å². The molecule has 2 heterocycles. The van der Waals surface area contributed by atoms with Crippen LogP contribution < -0.4 is 4.72 Å². The van der Waals surface area contributed by atoms with Crippen molar-refractivity contribution >= 4 is 28.7 Å². The highest BCUT2D eigenvalue weighted by molar-refractivity contribution is 8.00. The van der Waals surface area contributed by atoms with Crippen molar-refractivity contribution in [3.8, 4) is 5.69 Å². The van der Waals surface area contributed by atoms with Crippen LogP contribution in [-0.4, -0.2) is 14.8 Å². The molecule has 0 amide bonds. The van der Waals surface area contributed by atoms with Gasteiger partial charge in [-0.05, 0) is 59.8 Å². The number of nitrogens with one attached hydrogen (secondary N) is 1. The Kier molecular flexibility index (Phi) is 4.63. The first-order valence-corrected chi connectivity index (χ1v) is 9.45. The van der Waals surface area contributed by atoms with Gasteiger partial charge in [0.2, 0.25) is 0 Å². The van der Waals surface area contributed by atoms with Crippen LogP contribution in [0.15, 0.2) is 78.0 Å². The molecule has 0 spiro atoms. The van der Waals surface area contributed by atoms with E-state index in [0.717, 1.165) is 22.4 Å². The zero-order valence-corrected chi connectivity index (χ0v) is 15.6. The Morgan fingerprint density at radius 1 is 0.923 bits per heavy atom. The molecule has 0 saturated carbocycles. The van der Waals surface area contributed by atoms with E-state index in [0.29, 0.717) is 5.92 Å². The second kappa shape index (κ2) is 7.22. The summed E-state index contributed by atoms with van der Waals surface area (Å²) in [5.74, 6) is 1.47. The molecule has 0 radical (unpaired) electrons. The Morgan fingerprint density at radius 2 is 1.77 bits per heavy atom. The van der Waals surface area contributed by atoms with E-state index in [-0.39, 0.29) is 0 Å². The number of anilines is 1. The van der Waals surface area contributed by atoms with E-state index in [1.165, 1.54) is 10.5 Å². The molecule has 0 bridgehead atoms. The number of aromatic nitrogens is 3. The molecule has 4 nitrogen and oxygen atoms in total. The minimum atomic E-state index is 0.545. The van der Waals surface area contributed by atoms with Gasteiger partial charge < -0.3 is 4.72 Å². The average molecular weight is 360 g/mol. The van der Waals surface area contributed by atoms with E-state index < -0.39 is 0 Å². The molecule has 0 aliphatic carbocycles. The van der Waals surface area contributed by atoms with Crippen molar-refractivity contribution in [2.75, 3.05) is 4.72 Å². The minimum Gasteiger partial charge on any atom is -0.310 e. The lowest BCUT2D eigenvalue weighted by atomic mass is 10.0. The molecule has 0 atom stereocenters. The van der Waals surface area contributed by atoms with Crippen LogP contribution in [-0.2, 0) is 0 Å². The molecular weight excluding hydrogens is 340 g/mol. The van der Waals surface area contributed by atoms with Crippen LogP contribution in [0.2, 0.25) is 0 Å². The van der Waals surface area contributed by atoms with E-state index in [2.05, 4.69) is 65.1 Å². The van der Waals surface area contributed by atoms with Crippen LogP contribution >= 0.6 is 11.9 Å². The Morgan fingerprint density at radius 3 is 2.58 bits per heavy atom. The molecule has 0 aliphatic rings.